The second kappa shape index (κ2) is 9.04. The molecular weight excluding hydrogens is 480 g/mol. The lowest BCUT2D eigenvalue weighted by atomic mass is 9.91. The van der Waals surface area contributed by atoms with E-state index in [1.54, 1.807) is 12.2 Å². The highest BCUT2D eigenvalue weighted by Gasteiger charge is 2.35. The van der Waals surface area contributed by atoms with Crippen molar-refractivity contribution < 1.29 is 26.3 Å². The summed E-state index contributed by atoms with van der Waals surface area (Å²) in [5.74, 6) is 0. The highest BCUT2D eigenvalue weighted by Crippen LogP contribution is 2.39. The first-order valence-electron chi connectivity index (χ1n) is 11.4. The fourth-order valence-electron chi connectivity index (χ4n) is 4.58. The quantitative estimate of drug-likeness (QED) is 0.357. The van der Waals surface area contributed by atoms with Gasteiger partial charge in [-0.15, -0.1) is 0 Å². The number of nitrogens with zero attached hydrogens (tertiary/aromatic N) is 1. The topological polar surface area (TPSA) is 37.0 Å². The molecule has 186 valence electrons. The number of benzene rings is 2. The van der Waals surface area contributed by atoms with Crippen LogP contribution in [0.5, 0.6) is 0 Å². The van der Waals surface area contributed by atoms with Crippen molar-refractivity contribution >= 4 is 22.8 Å². The van der Waals surface area contributed by atoms with Crippen molar-refractivity contribution in [3.63, 3.8) is 0 Å². The maximum Gasteiger partial charge on any atom is 0.418 e. The van der Waals surface area contributed by atoms with Crippen LogP contribution in [-0.2, 0) is 25.2 Å². The second-order valence-corrected chi connectivity index (χ2v) is 8.65. The summed E-state index contributed by atoms with van der Waals surface area (Å²) < 4.78 is 81.2. The number of allylic oxidation sites excluding steroid dienone is 2. The second-order valence-electron chi connectivity index (χ2n) is 8.65. The summed E-state index contributed by atoms with van der Waals surface area (Å²) in [4.78, 5) is 4.77. The van der Waals surface area contributed by atoms with Gasteiger partial charge in [-0.3, -0.25) is 0 Å². The number of hydrogen-bond donors (Lipinski definition) is 2. The number of alkyl halides is 6. The number of halogens is 6. The molecule has 0 saturated carbocycles. The van der Waals surface area contributed by atoms with Gasteiger partial charge in [0.25, 0.3) is 0 Å². The highest BCUT2D eigenvalue weighted by atomic mass is 19.4. The van der Waals surface area contributed by atoms with Crippen LogP contribution < -0.4 is 10.6 Å². The average Bonchev–Trinajstić information content (AvgIpc) is 2.83. The van der Waals surface area contributed by atoms with Gasteiger partial charge in [0, 0.05) is 0 Å². The molecule has 2 aliphatic carbocycles. The smallest absolute Gasteiger partial charge is 0.354 e. The first-order valence-corrected chi connectivity index (χ1v) is 11.4. The zero-order chi connectivity index (χ0) is 25.5. The van der Waals surface area contributed by atoms with Gasteiger partial charge in [-0.05, 0) is 61.1 Å². The fourth-order valence-corrected chi connectivity index (χ4v) is 4.58. The number of nitrogens with one attached hydrogen (secondary N) is 2. The van der Waals surface area contributed by atoms with Crippen molar-refractivity contribution in [2.24, 2.45) is 0 Å². The number of aromatic nitrogens is 1. The van der Waals surface area contributed by atoms with Gasteiger partial charge in [-0.2, -0.15) is 26.3 Å². The molecule has 5 rings (SSSR count). The molecule has 0 fully saturated rings. The standard InChI is InChI=1S/C27H21F6N3/c28-26(29,30)18-9-1-3-11-20(18)34-22-13-5-7-16-15-17-8-6-14-23(25(17)36-24(16)22)35-21-12-4-2-10-19(21)27(31,32)33/h1-4,9-15,34-35H,5-8H2. The average molecular weight is 501 g/mol. The molecule has 1 heterocycles. The summed E-state index contributed by atoms with van der Waals surface area (Å²) in [5.41, 5.74) is 1.90. The summed E-state index contributed by atoms with van der Waals surface area (Å²) in [5, 5.41) is 5.81. The molecule has 0 amide bonds. The summed E-state index contributed by atoms with van der Waals surface area (Å²) in [6, 6.07) is 12.4. The fraction of sp³-hybridized carbons (Fsp3) is 0.222. The number of pyridine rings is 1. The van der Waals surface area contributed by atoms with Crippen LogP contribution in [0, 0.1) is 0 Å². The van der Waals surface area contributed by atoms with E-state index in [0.717, 1.165) is 23.3 Å². The van der Waals surface area contributed by atoms with Crippen molar-refractivity contribution in [1.29, 1.82) is 0 Å². The Bertz CT molecular complexity index is 1270. The molecule has 9 heteroatoms. The van der Waals surface area contributed by atoms with Crippen molar-refractivity contribution in [3.8, 4) is 0 Å². The largest absolute Gasteiger partial charge is 0.418 e. The SMILES string of the molecule is FC(F)(F)c1ccccc1NC1=CCCc2cc3c(nc21)C(Nc1ccccc1C(F)(F)F)=CCC3. The molecule has 0 aliphatic heterocycles. The first kappa shape index (κ1) is 24.0. The summed E-state index contributed by atoms with van der Waals surface area (Å²) in [6.07, 6.45) is -2.86. The van der Waals surface area contributed by atoms with Crippen molar-refractivity contribution in [1.82, 2.24) is 4.98 Å². The third-order valence-corrected chi connectivity index (χ3v) is 6.22. The number of para-hydroxylation sites is 2. The molecule has 1 aromatic heterocycles. The molecule has 0 spiro atoms. The van der Waals surface area contributed by atoms with Gasteiger partial charge in [0.2, 0.25) is 0 Å². The summed E-state index contributed by atoms with van der Waals surface area (Å²) >= 11 is 0. The monoisotopic (exact) mass is 501 g/mol. The molecule has 0 radical (unpaired) electrons. The van der Waals surface area contributed by atoms with Crippen LogP contribution in [0.25, 0.3) is 11.4 Å². The minimum atomic E-state index is -4.53. The number of hydrogen-bond acceptors (Lipinski definition) is 3. The van der Waals surface area contributed by atoms with Gasteiger partial charge in [0.05, 0.1) is 45.3 Å². The highest BCUT2D eigenvalue weighted by molar-refractivity contribution is 5.83. The predicted molar refractivity (Wildman–Crippen MR) is 127 cm³/mol. The Hall–Kier alpha value is -3.75. The zero-order valence-electron chi connectivity index (χ0n) is 18.9. The molecule has 3 aromatic rings. The molecule has 0 atom stereocenters. The normalized spacial score (nSPS) is 15.4. The van der Waals surface area contributed by atoms with Crippen molar-refractivity contribution in [2.45, 2.75) is 38.0 Å². The van der Waals surface area contributed by atoms with Crippen LogP contribution in [0.2, 0.25) is 0 Å². The van der Waals surface area contributed by atoms with Crippen LogP contribution in [0.4, 0.5) is 37.7 Å². The van der Waals surface area contributed by atoms with Gasteiger partial charge in [-0.1, -0.05) is 42.5 Å². The Morgan fingerprint density at radius 3 is 1.44 bits per heavy atom. The molecule has 2 aliphatic rings. The van der Waals surface area contributed by atoms with Crippen molar-refractivity contribution in [3.05, 3.63) is 100 Å². The van der Waals surface area contributed by atoms with E-state index in [1.165, 1.54) is 36.4 Å². The maximum atomic E-state index is 13.5. The third-order valence-electron chi connectivity index (χ3n) is 6.22. The Labute approximate surface area is 203 Å². The predicted octanol–water partition coefficient (Wildman–Crippen LogP) is 7.92. The van der Waals surface area contributed by atoms with Crippen LogP contribution in [0.15, 0.2) is 66.7 Å². The lowest BCUT2D eigenvalue weighted by Crippen LogP contribution is -2.18. The van der Waals surface area contributed by atoms with Gasteiger partial charge in [0.1, 0.15) is 0 Å². The third kappa shape index (κ3) is 4.69. The summed E-state index contributed by atoms with van der Waals surface area (Å²) in [6.45, 7) is 0. The Balaban J connectivity index is 1.51. The van der Waals surface area contributed by atoms with Gasteiger partial charge < -0.3 is 10.6 Å². The van der Waals surface area contributed by atoms with Crippen LogP contribution in [0.3, 0.4) is 0 Å². The molecule has 3 nitrogen and oxygen atoms in total. The van der Waals surface area contributed by atoms with Gasteiger partial charge >= 0.3 is 12.4 Å². The van der Waals surface area contributed by atoms with E-state index in [9.17, 15) is 26.3 Å². The minimum absolute atomic E-state index is 0.0865. The lowest BCUT2D eigenvalue weighted by molar-refractivity contribution is -0.137. The molecule has 36 heavy (non-hydrogen) atoms. The number of anilines is 2. The zero-order valence-corrected chi connectivity index (χ0v) is 18.9. The summed E-state index contributed by atoms with van der Waals surface area (Å²) in [7, 11) is 0. The molecule has 0 bridgehead atoms. The molecular formula is C27H21F6N3. The lowest BCUT2D eigenvalue weighted by Gasteiger charge is -2.25. The molecule has 0 saturated heterocycles. The van der Waals surface area contributed by atoms with E-state index >= 15 is 0 Å². The Morgan fingerprint density at radius 1 is 0.611 bits per heavy atom. The van der Waals surface area contributed by atoms with Gasteiger partial charge in [0.15, 0.2) is 0 Å². The van der Waals surface area contributed by atoms with E-state index < -0.39 is 23.5 Å². The van der Waals surface area contributed by atoms with E-state index in [1.807, 2.05) is 6.07 Å². The molecule has 2 N–H and O–H groups in total. The Kier molecular flexibility index (Phi) is 6.02. The first-order chi connectivity index (χ1) is 17.1. The molecule has 2 aromatic carbocycles. The minimum Gasteiger partial charge on any atom is -0.354 e. The van der Waals surface area contributed by atoms with Crippen LogP contribution in [-0.4, -0.2) is 4.98 Å². The van der Waals surface area contributed by atoms with E-state index in [2.05, 4.69) is 10.6 Å². The Morgan fingerprint density at radius 2 is 1.03 bits per heavy atom. The van der Waals surface area contributed by atoms with Crippen molar-refractivity contribution in [2.75, 3.05) is 10.6 Å². The van der Waals surface area contributed by atoms with Crippen LogP contribution >= 0.6 is 0 Å². The van der Waals surface area contributed by atoms with E-state index in [0.29, 0.717) is 48.5 Å². The number of aryl methyl sites for hydroxylation is 2. The maximum absolute atomic E-state index is 13.5. The molecule has 0 unspecified atom stereocenters. The van der Waals surface area contributed by atoms with E-state index in [-0.39, 0.29) is 11.4 Å². The van der Waals surface area contributed by atoms with Gasteiger partial charge in [-0.25, -0.2) is 4.98 Å². The number of fused-ring (bicyclic) bond motifs is 2. The van der Waals surface area contributed by atoms with Crippen LogP contribution in [0.1, 0.15) is 46.5 Å². The number of rotatable bonds is 4. The van der Waals surface area contributed by atoms with E-state index in [4.69, 9.17) is 4.98 Å².